The molecule has 0 radical (unpaired) electrons. The second-order valence-corrected chi connectivity index (χ2v) is 8.75. The summed E-state index contributed by atoms with van der Waals surface area (Å²) in [4.78, 5) is 2.16. The van der Waals surface area contributed by atoms with E-state index in [4.69, 9.17) is 23.2 Å². The van der Waals surface area contributed by atoms with Crippen molar-refractivity contribution in [3.8, 4) is 0 Å². The average Bonchev–Trinajstić information content (AvgIpc) is 2.31. The third kappa shape index (κ3) is 4.12. The third-order valence-corrected chi connectivity index (χ3v) is 6.66. The molecular weight excluding hydrogens is 399 g/mol. The Kier molecular flexibility index (Phi) is 5.60. The molecule has 1 aromatic carbocycles. The van der Waals surface area contributed by atoms with Gasteiger partial charge in [-0.3, -0.25) is 0 Å². The predicted molar refractivity (Wildman–Crippen MR) is 89.6 cm³/mol. The zero-order chi connectivity index (χ0) is 15.8. The molecule has 118 valence electrons. The van der Waals surface area contributed by atoms with Crippen molar-refractivity contribution in [3.05, 3.63) is 26.7 Å². The van der Waals surface area contributed by atoms with Crippen molar-refractivity contribution in [1.82, 2.24) is 9.62 Å². The van der Waals surface area contributed by atoms with Crippen molar-refractivity contribution in [2.45, 2.75) is 36.7 Å². The van der Waals surface area contributed by atoms with Crippen LogP contribution in [0.2, 0.25) is 10.0 Å². The maximum absolute atomic E-state index is 12.5. The Morgan fingerprint density at radius 3 is 2.43 bits per heavy atom. The molecule has 0 spiro atoms. The first-order valence-corrected chi connectivity index (χ1v) is 9.61. The molecule has 1 saturated heterocycles. The molecular formula is C13H17BrCl2N2O2S. The molecule has 4 nitrogen and oxygen atoms in total. The van der Waals surface area contributed by atoms with E-state index in [9.17, 15) is 8.42 Å². The van der Waals surface area contributed by atoms with E-state index >= 15 is 0 Å². The van der Waals surface area contributed by atoms with Gasteiger partial charge in [0.05, 0.1) is 10.0 Å². The summed E-state index contributed by atoms with van der Waals surface area (Å²) in [5.41, 5.74) is 0. The first-order valence-electron chi connectivity index (χ1n) is 6.58. The summed E-state index contributed by atoms with van der Waals surface area (Å²) in [7, 11) is -1.69. The van der Waals surface area contributed by atoms with Gasteiger partial charge in [-0.2, -0.15) is 0 Å². The highest BCUT2D eigenvalue weighted by Crippen LogP contribution is 2.33. The van der Waals surface area contributed by atoms with Gasteiger partial charge in [-0.25, -0.2) is 13.1 Å². The molecule has 2 atom stereocenters. The van der Waals surface area contributed by atoms with Gasteiger partial charge in [0.2, 0.25) is 10.0 Å². The highest BCUT2D eigenvalue weighted by molar-refractivity contribution is 9.10. The third-order valence-electron chi connectivity index (χ3n) is 3.76. The van der Waals surface area contributed by atoms with E-state index in [2.05, 4.69) is 32.5 Å². The topological polar surface area (TPSA) is 49.4 Å². The first-order chi connectivity index (χ1) is 9.70. The van der Waals surface area contributed by atoms with Crippen molar-refractivity contribution in [3.63, 3.8) is 0 Å². The number of hydrogen-bond acceptors (Lipinski definition) is 3. The lowest BCUT2D eigenvalue weighted by atomic mass is 10.0. The van der Waals surface area contributed by atoms with Crippen molar-refractivity contribution in [2.75, 3.05) is 13.6 Å². The summed E-state index contributed by atoms with van der Waals surface area (Å²) < 4.78 is 28.4. The summed E-state index contributed by atoms with van der Waals surface area (Å²) in [5, 5.41) is 0.228. The van der Waals surface area contributed by atoms with E-state index in [-0.39, 0.29) is 21.0 Å². The van der Waals surface area contributed by atoms with Crippen LogP contribution in [0.5, 0.6) is 0 Å². The second-order valence-electron chi connectivity index (χ2n) is 5.37. The highest BCUT2D eigenvalue weighted by Gasteiger charge is 2.29. The summed E-state index contributed by atoms with van der Waals surface area (Å²) in [6.45, 7) is 2.94. The number of piperidine rings is 1. The molecule has 21 heavy (non-hydrogen) atoms. The van der Waals surface area contributed by atoms with E-state index in [1.807, 2.05) is 7.05 Å². The molecule has 2 rings (SSSR count). The Hall–Kier alpha value is 0.150. The zero-order valence-corrected chi connectivity index (χ0v) is 15.7. The Morgan fingerprint density at radius 1 is 1.33 bits per heavy atom. The van der Waals surface area contributed by atoms with Crippen molar-refractivity contribution < 1.29 is 8.42 Å². The number of halogens is 3. The lowest BCUT2D eigenvalue weighted by molar-refractivity contribution is 0.178. The number of hydrogen-bond donors (Lipinski definition) is 1. The van der Waals surface area contributed by atoms with Crippen LogP contribution < -0.4 is 4.72 Å². The van der Waals surface area contributed by atoms with E-state index < -0.39 is 10.0 Å². The van der Waals surface area contributed by atoms with Gasteiger partial charge < -0.3 is 4.90 Å². The van der Waals surface area contributed by atoms with Crippen LogP contribution in [0.15, 0.2) is 21.5 Å². The molecule has 8 heteroatoms. The predicted octanol–water partition coefficient (Wildman–Crippen LogP) is 3.52. The second kappa shape index (κ2) is 6.72. The standard InChI is InChI=1S/C13H17BrCl2N2O2S/c1-8-5-10(3-4-18(8)2)17-21(19,20)13-11(15)6-9(14)7-12(13)16/h6-8,10,17H,3-5H2,1-2H3. The van der Waals surface area contributed by atoms with Crippen molar-refractivity contribution in [2.24, 2.45) is 0 Å². The number of benzene rings is 1. The molecule has 0 amide bonds. The van der Waals surface area contributed by atoms with Gasteiger partial charge in [-0.15, -0.1) is 0 Å². The molecule has 1 N–H and O–H groups in total. The monoisotopic (exact) mass is 414 g/mol. The Morgan fingerprint density at radius 2 is 1.90 bits per heavy atom. The molecule has 0 aliphatic carbocycles. The van der Waals surface area contributed by atoms with Crippen LogP contribution in [0, 0.1) is 0 Å². The molecule has 0 aromatic heterocycles. The van der Waals surface area contributed by atoms with Gasteiger partial charge in [0.1, 0.15) is 4.90 Å². The van der Waals surface area contributed by atoms with Crippen LogP contribution in [0.1, 0.15) is 19.8 Å². The number of sulfonamides is 1. The lowest BCUT2D eigenvalue weighted by Gasteiger charge is -2.35. The van der Waals surface area contributed by atoms with Crippen molar-refractivity contribution >= 4 is 49.2 Å². The van der Waals surface area contributed by atoms with Gasteiger partial charge in [0, 0.05) is 16.6 Å². The largest absolute Gasteiger partial charge is 0.304 e. The SMILES string of the molecule is CC1CC(NS(=O)(=O)c2c(Cl)cc(Br)cc2Cl)CCN1C. The van der Waals surface area contributed by atoms with Gasteiger partial charge in [-0.05, 0) is 45.5 Å². The average molecular weight is 416 g/mol. The Balaban J connectivity index is 2.24. The minimum absolute atomic E-state index is 0.0550. The zero-order valence-electron chi connectivity index (χ0n) is 11.7. The fourth-order valence-corrected chi connectivity index (χ4v) is 5.68. The van der Waals surface area contributed by atoms with Crippen molar-refractivity contribution in [1.29, 1.82) is 0 Å². The molecule has 1 heterocycles. The van der Waals surface area contributed by atoms with Gasteiger partial charge in [0.15, 0.2) is 0 Å². The minimum Gasteiger partial charge on any atom is -0.304 e. The summed E-state index contributed by atoms with van der Waals surface area (Å²) in [5.74, 6) is 0. The molecule has 1 aliphatic heterocycles. The van der Waals surface area contributed by atoms with Gasteiger partial charge in [-0.1, -0.05) is 39.1 Å². The van der Waals surface area contributed by atoms with Gasteiger partial charge in [0.25, 0.3) is 0 Å². The smallest absolute Gasteiger partial charge is 0.243 e. The van der Waals surface area contributed by atoms with E-state index in [0.29, 0.717) is 10.5 Å². The summed E-state index contributed by atoms with van der Waals surface area (Å²) in [6.07, 6.45) is 1.54. The maximum atomic E-state index is 12.5. The molecule has 0 saturated carbocycles. The minimum atomic E-state index is -3.73. The quantitative estimate of drug-likeness (QED) is 0.821. The van der Waals surface area contributed by atoms with Crippen LogP contribution in [0.4, 0.5) is 0 Å². The lowest BCUT2D eigenvalue weighted by Crippen LogP contribution is -2.47. The molecule has 0 bridgehead atoms. The van der Waals surface area contributed by atoms with E-state index in [1.54, 1.807) is 0 Å². The van der Waals surface area contributed by atoms with Gasteiger partial charge >= 0.3 is 0 Å². The number of nitrogens with one attached hydrogen (secondary N) is 1. The number of likely N-dealkylation sites (tertiary alicyclic amines) is 1. The fraction of sp³-hybridized carbons (Fsp3) is 0.538. The molecule has 2 unspecified atom stereocenters. The highest BCUT2D eigenvalue weighted by atomic mass is 79.9. The normalized spacial score (nSPS) is 24.2. The molecule has 1 aliphatic rings. The van der Waals surface area contributed by atoms with Crippen LogP contribution in [-0.4, -0.2) is 39.0 Å². The van der Waals surface area contributed by atoms with E-state index in [0.717, 1.165) is 19.4 Å². The van der Waals surface area contributed by atoms with Crippen LogP contribution >= 0.6 is 39.1 Å². The van der Waals surface area contributed by atoms with E-state index in [1.165, 1.54) is 12.1 Å². The Labute approximate surface area is 144 Å². The first kappa shape index (κ1) is 17.5. The van der Waals surface area contributed by atoms with Crippen LogP contribution in [-0.2, 0) is 10.0 Å². The fourth-order valence-electron chi connectivity index (χ4n) is 2.46. The summed E-state index contributed by atoms with van der Waals surface area (Å²) >= 11 is 15.3. The number of nitrogens with zero attached hydrogens (tertiary/aromatic N) is 1. The van der Waals surface area contributed by atoms with Crippen LogP contribution in [0.3, 0.4) is 0 Å². The molecule has 1 aromatic rings. The number of rotatable bonds is 3. The Bertz CT molecular complexity index is 616. The van der Waals surface area contributed by atoms with Crippen LogP contribution in [0.25, 0.3) is 0 Å². The molecule has 1 fully saturated rings. The maximum Gasteiger partial charge on any atom is 0.243 e. The summed E-state index contributed by atoms with van der Waals surface area (Å²) in [6, 6.07) is 3.29.